The minimum Gasteiger partial charge on any atom is -0.507 e. The Hall–Kier alpha value is -1.79. The third kappa shape index (κ3) is 2.55. The molecule has 0 bridgehead atoms. The van der Waals surface area contributed by atoms with Crippen molar-refractivity contribution >= 4 is 11.6 Å². The van der Waals surface area contributed by atoms with Crippen LogP contribution in [0.15, 0.2) is 12.1 Å². The average molecular weight is 265 g/mol. The molecule has 0 aliphatic rings. The van der Waals surface area contributed by atoms with Gasteiger partial charge in [0.1, 0.15) is 5.75 Å². The highest BCUT2D eigenvalue weighted by molar-refractivity contribution is 5.97. The van der Waals surface area contributed by atoms with Crippen molar-refractivity contribution < 1.29 is 27.5 Å². The van der Waals surface area contributed by atoms with E-state index in [4.69, 9.17) is 0 Å². The molecule has 2 N–H and O–H groups in total. The lowest BCUT2D eigenvalue weighted by atomic mass is 10.1. The molecule has 0 saturated heterocycles. The number of anilines is 1. The van der Waals surface area contributed by atoms with Gasteiger partial charge < -0.3 is 10.4 Å². The number of nitrogens with one attached hydrogen (secondary N) is 1. The number of phenols is 1. The SMILES string of the molecule is Cc1ccc(NC(=O)C(F)(F)C(F)F)c(C)c1O. The number of phenolic OH excluding ortho intramolecular Hbond substituents is 1. The fraction of sp³-hybridized carbons (Fsp3) is 0.364. The van der Waals surface area contributed by atoms with Crippen molar-refractivity contribution in [3.63, 3.8) is 0 Å². The van der Waals surface area contributed by atoms with Crippen LogP contribution in [0.5, 0.6) is 5.75 Å². The fourth-order valence-corrected chi connectivity index (χ4v) is 1.28. The molecule has 1 aromatic carbocycles. The summed E-state index contributed by atoms with van der Waals surface area (Å²) in [6, 6.07) is 2.63. The van der Waals surface area contributed by atoms with Gasteiger partial charge in [-0.2, -0.15) is 8.78 Å². The molecule has 0 radical (unpaired) electrons. The highest BCUT2D eigenvalue weighted by Gasteiger charge is 2.49. The Morgan fingerprint density at radius 3 is 2.39 bits per heavy atom. The Balaban J connectivity index is 3.00. The molecule has 7 heteroatoms. The summed E-state index contributed by atoms with van der Waals surface area (Å²) in [7, 11) is 0. The summed E-state index contributed by atoms with van der Waals surface area (Å²) in [6.07, 6.45) is -4.09. The van der Waals surface area contributed by atoms with Crippen molar-refractivity contribution in [2.45, 2.75) is 26.2 Å². The van der Waals surface area contributed by atoms with Crippen LogP contribution in [-0.4, -0.2) is 23.4 Å². The van der Waals surface area contributed by atoms with E-state index in [2.05, 4.69) is 0 Å². The molecule has 0 heterocycles. The van der Waals surface area contributed by atoms with E-state index in [1.807, 2.05) is 0 Å². The lowest BCUT2D eigenvalue weighted by molar-refractivity contribution is -0.163. The van der Waals surface area contributed by atoms with Crippen LogP contribution in [0.1, 0.15) is 11.1 Å². The van der Waals surface area contributed by atoms with E-state index >= 15 is 0 Å². The highest BCUT2D eigenvalue weighted by Crippen LogP contribution is 2.30. The van der Waals surface area contributed by atoms with E-state index < -0.39 is 18.3 Å². The first-order valence-corrected chi connectivity index (χ1v) is 4.94. The topological polar surface area (TPSA) is 49.3 Å². The third-order valence-electron chi connectivity index (χ3n) is 2.46. The van der Waals surface area contributed by atoms with Crippen LogP contribution in [0.3, 0.4) is 0 Å². The van der Waals surface area contributed by atoms with E-state index in [0.29, 0.717) is 5.56 Å². The second kappa shape index (κ2) is 4.83. The zero-order valence-electron chi connectivity index (χ0n) is 9.60. The molecule has 3 nitrogen and oxygen atoms in total. The Labute approximate surface area is 100 Å². The molecule has 0 aliphatic carbocycles. The van der Waals surface area contributed by atoms with Crippen LogP contribution >= 0.6 is 0 Å². The molecule has 1 aromatic rings. The number of aryl methyl sites for hydroxylation is 1. The van der Waals surface area contributed by atoms with Gasteiger partial charge >= 0.3 is 18.3 Å². The van der Waals surface area contributed by atoms with Gasteiger partial charge in [-0.15, -0.1) is 0 Å². The number of alkyl halides is 4. The minimum atomic E-state index is -4.77. The smallest absolute Gasteiger partial charge is 0.383 e. The van der Waals surface area contributed by atoms with Gasteiger partial charge in [-0.1, -0.05) is 6.07 Å². The van der Waals surface area contributed by atoms with Crippen LogP contribution in [0.4, 0.5) is 23.2 Å². The number of carbonyl (C=O) groups excluding carboxylic acids is 1. The van der Waals surface area contributed by atoms with Crippen molar-refractivity contribution in [2.24, 2.45) is 0 Å². The molecule has 0 aliphatic heterocycles. The Morgan fingerprint density at radius 1 is 1.33 bits per heavy atom. The van der Waals surface area contributed by atoms with Gasteiger partial charge in [-0.25, -0.2) is 8.78 Å². The molecule has 0 unspecified atom stereocenters. The summed E-state index contributed by atoms with van der Waals surface area (Å²) in [6.45, 7) is 2.94. The van der Waals surface area contributed by atoms with Crippen molar-refractivity contribution in [1.82, 2.24) is 0 Å². The number of carbonyl (C=O) groups is 1. The van der Waals surface area contributed by atoms with Crippen LogP contribution in [-0.2, 0) is 4.79 Å². The van der Waals surface area contributed by atoms with E-state index in [1.54, 1.807) is 12.2 Å². The second-order valence-corrected chi connectivity index (χ2v) is 3.78. The molecule has 0 spiro atoms. The van der Waals surface area contributed by atoms with Crippen molar-refractivity contribution in [2.75, 3.05) is 5.32 Å². The summed E-state index contributed by atoms with van der Waals surface area (Å²) in [5.74, 6) is -7.07. The van der Waals surface area contributed by atoms with Gasteiger partial charge in [0.25, 0.3) is 0 Å². The fourth-order valence-electron chi connectivity index (χ4n) is 1.28. The van der Waals surface area contributed by atoms with Crippen molar-refractivity contribution in [1.29, 1.82) is 0 Å². The predicted molar refractivity (Wildman–Crippen MR) is 57.2 cm³/mol. The first-order chi connectivity index (χ1) is 8.17. The van der Waals surface area contributed by atoms with Crippen LogP contribution in [0.2, 0.25) is 0 Å². The molecular formula is C11H11F4NO2. The van der Waals surface area contributed by atoms with Gasteiger partial charge in [0.05, 0.1) is 0 Å². The monoisotopic (exact) mass is 265 g/mol. The molecule has 0 saturated carbocycles. The zero-order valence-corrected chi connectivity index (χ0v) is 9.60. The highest BCUT2D eigenvalue weighted by atomic mass is 19.3. The molecule has 1 rings (SSSR count). The van der Waals surface area contributed by atoms with Gasteiger partial charge in [-0.05, 0) is 25.5 Å². The summed E-state index contributed by atoms with van der Waals surface area (Å²) < 4.78 is 49.3. The van der Waals surface area contributed by atoms with E-state index in [9.17, 15) is 27.5 Å². The Morgan fingerprint density at radius 2 is 1.89 bits per heavy atom. The second-order valence-electron chi connectivity index (χ2n) is 3.78. The molecule has 0 atom stereocenters. The third-order valence-corrected chi connectivity index (χ3v) is 2.46. The van der Waals surface area contributed by atoms with E-state index in [-0.39, 0.29) is 17.0 Å². The molecule has 100 valence electrons. The molecular weight excluding hydrogens is 254 g/mol. The van der Waals surface area contributed by atoms with Gasteiger partial charge in [0.15, 0.2) is 0 Å². The number of benzene rings is 1. The summed E-state index contributed by atoms with van der Waals surface area (Å²) in [5.41, 5.74) is 0.475. The number of hydrogen-bond acceptors (Lipinski definition) is 2. The van der Waals surface area contributed by atoms with E-state index in [0.717, 1.165) is 0 Å². The largest absolute Gasteiger partial charge is 0.507 e. The first-order valence-electron chi connectivity index (χ1n) is 4.94. The summed E-state index contributed by atoms with van der Waals surface area (Å²) in [4.78, 5) is 11.0. The minimum absolute atomic E-state index is 0.133. The number of amides is 1. The number of hydrogen-bond donors (Lipinski definition) is 2. The summed E-state index contributed by atoms with van der Waals surface area (Å²) >= 11 is 0. The van der Waals surface area contributed by atoms with Crippen molar-refractivity contribution in [3.8, 4) is 5.75 Å². The normalized spacial score (nSPS) is 11.7. The maximum absolute atomic E-state index is 12.7. The van der Waals surface area contributed by atoms with Gasteiger partial charge in [0.2, 0.25) is 0 Å². The van der Waals surface area contributed by atoms with Crippen molar-refractivity contribution in [3.05, 3.63) is 23.3 Å². The van der Waals surface area contributed by atoms with Gasteiger partial charge in [-0.3, -0.25) is 4.79 Å². The van der Waals surface area contributed by atoms with Gasteiger partial charge in [0, 0.05) is 11.3 Å². The maximum Gasteiger partial charge on any atom is 0.383 e. The van der Waals surface area contributed by atoms with E-state index in [1.165, 1.54) is 19.1 Å². The molecule has 0 aromatic heterocycles. The number of rotatable bonds is 3. The quantitative estimate of drug-likeness (QED) is 0.825. The lowest BCUT2D eigenvalue weighted by Crippen LogP contribution is -2.41. The predicted octanol–water partition coefficient (Wildman–Crippen LogP) is 2.85. The maximum atomic E-state index is 12.7. The zero-order chi connectivity index (χ0) is 14.1. The van der Waals surface area contributed by atoms with Crippen LogP contribution < -0.4 is 5.32 Å². The molecule has 18 heavy (non-hydrogen) atoms. The number of aromatic hydroxyl groups is 1. The lowest BCUT2D eigenvalue weighted by Gasteiger charge is -2.16. The number of halogens is 4. The average Bonchev–Trinajstić information content (AvgIpc) is 2.29. The first kappa shape index (κ1) is 14.3. The Bertz CT molecular complexity index is 474. The van der Waals surface area contributed by atoms with Crippen LogP contribution in [0.25, 0.3) is 0 Å². The molecule has 1 amide bonds. The standard InChI is InChI=1S/C11H11F4NO2/c1-5-3-4-7(6(2)8(5)17)16-10(18)11(14,15)9(12)13/h3-4,9,17H,1-2H3,(H,16,18). The summed E-state index contributed by atoms with van der Waals surface area (Å²) in [5, 5.41) is 11.2. The molecule has 0 fully saturated rings. The Kier molecular flexibility index (Phi) is 3.83. The van der Waals surface area contributed by atoms with Crippen LogP contribution in [0, 0.1) is 13.8 Å².